The number of benzene rings is 1. The predicted molar refractivity (Wildman–Crippen MR) is 80.1 cm³/mol. The summed E-state index contributed by atoms with van der Waals surface area (Å²) >= 11 is 0. The normalized spacial score (nSPS) is 16.8. The Bertz CT molecular complexity index is 367. The average molecular weight is 261 g/mol. The zero-order valence-electron chi connectivity index (χ0n) is 12.3. The largest absolute Gasteiger partial charge is 0.379 e. The predicted octanol–water partition coefficient (Wildman–Crippen LogP) is 3.70. The van der Waals surface area contributed by atoms with Gasteiger partial charge in [0.15, 0.2) is 0 Å². The summed E-state index contributed by atoms with van der Waals surface area (Å²) in [5.74, 6) is 1.64. The number of hydrogen-bond acceptors (Lipinski definition) is 2. The molecule has 1 aliphatic carbocycles. The maximum Gasteiger partial charge on any atom is 0.0659 e. The van der Waals surface area contributed by atoms with E-state index in [1.165, 1.54) is 30.4 Å². The van der Waals surface area contributed by atoms with Gasteiger partial charge in [0, 0.05) is 6.61 Å². The second-order valence-corrected chi connectivity index (χ2v) is 6.25. The maximum atomic E-state index is 6.15. The minimum Gasteiger partial charge on any atom is -0.379 e. The highest BCUT2D eigenvalue weighted by molar-refractivity contribution is 5.25. The van der Waals surface area contributed by atoms with Crippen LogP contribution in [0.15, 0.2) is 24.3 Å². The van der Waals surface area contributed by atoms with Crippen molar-refractivity contribution in [2.75, 3.05) is 13.2 Å². The molecule has 0 aromatic heterocycles. The molecular formula is C17H27NO. The lowest BCUT2D eigenvalue weighted by Crippen LogP contribution is -2.17. The molecule has 0 heterocycles. The summed E-state index contributed by atoms with van der Waals surface area (Å²) < 4.78 is 5.67. The first-order chi connectivity index (χ1) is 9.15. The highest BCUT2D eigenvalue weighted by Gasteiger charge is 2.20. The van der Waals surface area contributed by atoms with Crippen molar-refractivity contribution in [1.29, 1.82) is 0 Å². The minimum absolute atomic E-state index is 0.00676. The van der Waals surface area contributed by atoms with Crippen molar-refractivity contribution in [1.82, 2.24) is 0 Å². The number of rotatable bonds is 8. The standard InChI is InChI=1S/C17H27NO/c1-13(2)11-15-5-7-16(8-6-15)17(18)12-19-10-9-14-3-4-14/h5-8,13-14,17H,3-4,9-12,18H2,1-2H3. The first-order valence-corrected chi connectivity index (χ1v) is 7.57. The van der Waals surface area contributed by atoms with Crippen LogP contribution in [-0.2, 0) is 11.2 Å². The Morgan fingerprint density at radius 3 is 2.47 bits per heavy atom. The molecule has 0 saturated heterocycles. The van der Waals surface area contributed by atoms with Gasteiger partial charge in [-0.2, -0.15) is 0 Å². The fourth-order valence-corrected chi connectivity index (χ4v) is 2.34. The van der Waals surface area contributed by atoms with E-state index in [0.29, 0.717) is 12.5 Å². The van der Waals surface area contributed by atoms with Gasteiger partial charge in [-0.05, 0) is 35.8 Å². The molecule has 1 aliphatic rings. The Morgan fingerprint density at radius 2 is 1.89 bits per heavy atom. The van der Waals surface area contributed by atoms with Crippen molar-refractivity contribution >= 4 is 0 Å². The zero-order chi connectivity index (χ0) is 13.7. The van der Waals surface area contributed by atoms with Gasteiger partial charge in [0.1, 0.15) is 0 Å². The summed E-state index contributed by atoms with van der Waals surface area (Å²) in [7, 11) is 0. The molecule has 1 atom stereocenters. The van der Waals surface area contributed by atoms with E-state index in [1.54, 1.807) is 0 Å². The van der Waals surface area contributed by atoms with Gasteiger partial charge < -0.3 is 10.5 Å². The summed E-state index contributed by atoms with van der Waals surface area (Å²) in [6, 6.07) is 8.69. The van der Waals surface area contributed by atoms with E-state index >= 15 is 0 Å². The third-order valence-electron chi connectivity index (χ3n) is 3.72. The van der Waals surface area contributed by atoms with E-state index in [-0.39, 0.29) is 6.04 Å². The summed E-state index contributed by atoms with van der Waals surface area (Å²) in [5.41, 5.74) is 8.72. The molecular weight excluding hydrogens is 234 g/mol. The van der Waals surface area contributed by atoms with Crippen molar-refractivity contribution in [3.05, 3.63) is 35.4 Å². The average Bonchev–Trinajstić information content (AvgIpc) is 3.18. The second kappa shape index (κ2) is 7.06. The number of hydrogen-bond donors (Lipinski definition) is 1. The lowest BCUT2D eigenvalue weighted by atomic mass is 10.00. The van der Waals surface area contributed by atoms with Crippen LogP contribution < -0.4 is 5.73 Å². The molecule has 1 fully saturated rings. The van der Waals surface area contributed by atoms with Crippen LogP contribution in [-0.4, -0.2) is 13.2 Å². The van der Waals surface area contributed by atoms with Crippen LogP contribution in [0.5, 0.6) is 0 Å². The van der Waals surface area contributed by atoms with Crippen LogP contribution in [0.2, 0.25) is 0 Å². The van der Waals surface area contributed by atoms with Crippen LogP contribution in [0, 0.1) is 11.8 Å². The van der Waals surface area contributed by atoms with Gasteiger partial charge in [-0.15, -0.1) is 0 Å². The smallest absolute Gasteiger partial charge is 0.0659 e. The fraction of sp³-hybridized carbons (Fsp3) is 0.647. The lowest BCUT2D eigenvalue weighted by molar-refractivity contribution is 0.115. The zero-order valence-corrected chi connectivity index (χ0v) is 12.3. The van der Waals surface area contributed by atoms with Crippen molar-refractivity contribution in [2.45, 2.75) is 45.6 Å². The quantitative estimate of drug-likeness (QED) is 0.724. The second-order valence-electron chi connectivity index (χ2n) is 6.25. The summed E-state index contributed by atoms with van der Waals surface area (Å²) in [6.45, 7) is 5.99. The topological polar surface area (TPSA) is 35.2 Å². The van der Waals surface area contributed by atoms with Crippen LogP contribution in [0.4, 0.5) is 0 Å². The van der Waals surface area contributed by atoms with Gasteiger partial charge in [-0.1, -0.05) is 51.0 Å². The minimum atomic E-state index is 0.00676. The number of ether oxygens (including phenoxy) is 1. The third kappa shape index (κ3) is 5.33. The van der Waals surface area contributed by atoms with E-state index in [9.17, 15) is 0 Å². The SMILES string of the molecule is CC(C)Cc1ccc(C(N)COCCC2CC2)cc1. The molecule has 19 heavy (non-hydrogen) atoms. The molecule has 2 nitrogen and oxygen atoms in total. The van der Waals surface area contributed by atoms with E-state index < -0.39 is 0 Å². The molecule has 0 amide bonds. The van der Waals surface area contributed by atoms with Crippen LogP contribution in [0.25, 0.3) is 0 Å². The van der Waals surface area contributed by atoms with E-state index in [2.05, 4.69) is 38.1 Å². The molecule has 1 saturated carbocycles. The first kappa shape index (κ1) is 14.5. The monoisotopic (exact) mass is 261 g/mol. The van der Waals surface area contributed by atoms with E-state index in [1.807, 2.05) is 0 Å². The number of nitrogens with two attached hydrogens (primary N) is 1. The Morgan fingerprint density at radius 1 is 1.21 bits per heavy atom. The molecule has 0 aliphatic heterocycles. The molecule has 106 valence electrons. The first-order valence-electron chi connectivity index (χ1n) is 7.57. The Labute approximate surface area is 117 Å². The molecule has 1 aromatic carbocycles. The molecule has 1 aromatic rings. The van der Waals surface area contributed by atoms with Gasteiger partial charge in [0.05, 0.1) is 12.6 Å². The van der Waals surface area contributed by atoms with Crippen molar-refractivity contribution in [2.24, 2.45) is 17.6 Å². The molecule has 2 heteroatoms. The Balaban J connectivity index is 1.72. The van der Waals surface area contributed by atoms with Gasteiger partial charge >= 0.3 is 0 Å². The highest BCUT2D eigenvalue weighted by atomic mass is 16.5. The Kier molecular flexibility index (Phi) is 5.41. The summed E-state index contributed by atoms with van der Waals surface area (Å²) in [5, 5.41) is 0. The molecule has 2 N–H and O–H groups in total. The van der Waals surface area contributed by atoms with Gasteiger partial charge in [-0.3, -0.25) is 0 Å². The van der Waals surface area contributed by atoms with Crippen molar-refractivity contribution < 1.29 is 4.74 Å². The van der Waals surface area contributed by atoms with Gasteiger partial charge in [-0.25, -0.2) is 0 Å². The van der Waals surface area contributed by atoms with Gasteiger partial charge in [0.2, 0.25) is 0 Å². The van der Waals surface area contributed by atoms with Crippen molar-refractivity contribution in [3.63, 3.8) is 0 Å². The summed E-state index contributed by atoms with van der Waals surface area (Å²) in [6.07, 6.45) is 5.13. The summed E-state index contributed by atoms with van der Waals surface area (Å²) in [4.78, 5) is 0. The van der Waals surface area contributed by atoms with Gasteiger partial charge in [0.25, 0.3) is 0 Å². The molecule has 1 unspecified atom stereocenters. The maximum absolute atomic E-state index is 6.15. The lowest BCUT2D eigenvalue weighted by Gasteiger charge is -2.13. The third-order valence-corrected chi connectivity index (χ3v) is 3.72. The van der Waals surface area contributed by atoms with Crippen LogP contribution in [0.1, 0.15) is 50.3 Å². The Hall–Kier alpha value is -0.860. The van der Waals surface area contributed by atoms with Crippen LogP contribution in [0.3, 0.4) is 0 Å². The van der Waals surface area contributed by atoms with E-state index in [4.69, 9.17) is 10.5 Å². The molecule has 0 spiro atoms. The molecule has 0 bridgehead atoms. The van der Waals surface area contributed by atoms with Crippen LogP contribution >= 0.6 is 0 Å². The molecule has 0 radical (unpaired) electrons. The molecule has 2 rings (SSSR count). The highest BCUT2D eigenvalue weighted by Crippen LogP contribution is 2.32. The van der Waals surface area contributed by atoms with E-state index in [0.717, 1.165) is 18.9 Å². The fourth-order valence-electron chi connectivity index (χ4n) is 2.34. The van der Waals surface area contributed by atoms with Crippen molar-refractivity contribution in [3.8, 4) is 0 Å².